The standard InChI is InChI=1S/C11H18N2OS/c1-4-5-6-13(3)11(14)10-7-9(12)8(2)15-10/h7H,4-6,12H2,1-3H3. The van der Waals surface area contributed by atoms with Crippen molar-refractivity contribution in [3.05, 3.63) is 15.8 Å². The van der Waals surface area contributed by atoms with Gasteiger partial charge in [0.05, 0.1) is 4.88 Å². The van der Waals surface area contributed by atoms with E-state index in [1.54, 1.807) is 11.0 Å². The number of thiophene rings is 1. The van der Waals surface area contributed by atoms with Crippen LogP contribution in [0.2, 0.25) is 0 Å². The van der Waals surface area contributed by atoms with Gasteiger partial charge in [-0.1, -0.05) is 13.3 Å². The molecule has 1 amide bonds. The molecule has 15 heavy (non-hydrogen) atoms. The van der Waals surface area contributed by atoms with E-state index in [-0.39, 0.29) is 5.91 Å². The summed E-state index contributed by atoms with van der Waals surface area (Å²) in [5.74, 6) is 0.0771. The van der Waals surface area contributed by atoms with Gasteiger partial charge in [-0.25, -0.2) is 0 Å². The van der Waals surface area contributed by atoms with Crippen LogP contribution in [0.15, 0.2) is 6.07 Å². The number of hydrogen-bond acceptors (Lipinski definition) is 3. The highest BCUT2D eigenvalue weighted by atomic mass is 32.1. The summed E-state index contributed by atoms with van der Waals surface area (Å²) in [6.45, 7) is 4.86. The second-order valence-electron chi connectivity index (χ2n) is 3.70. The molecule has 0 saturated heterocycles. The Hall–Kier alpha value is -1.03. The Kier molecular flexibility index (Phi) is 4.15. The van der Waals surface area contributed by atoms with E-state index in [1.807, 2.05) is 14.0 Å². The van der Waals surface area contributed by atoms with Gasteiger partial charge in [-0.3, -0.25) is 4.79 Å². The lowest BCUT2D eigenvalue weighted by atomic mass is 10.3. The molecule has 1 aromatic heterocycles. The fourth-order valence-corrected chi connectivity index (χ4v) is 2.22. The highest BCUT2D eigenvalue weighted by molar-refractivity contribution is 7.14. The van der Waals surface area contributed by atoms with Gasteiger partial charge >= 0.3 is 0 Å². The maximum atomic E-state index is 11.9. The van der Waals surface area contributed by atoms with E-state index < -0.39 is 0 Å². The van der Waals surface area contributed by atoms with Gasteiger partial charge in [0, 0.05) is 24.2 Å². The maximum absolute atomic E-state index is 11.9. The van der Waals surface area contributed by atoms with E-state index in [2.05, 4.69) is 6.92 Å². The van der Waals surface area contributed by atoms with Crippen molar-refractivity contribution in [3.63, 3.8) is 0 Å². The van der Waals surface area contributed by atoms with Crippen molar-refractivity contribution in [2.75, 3.05) is 19.3 Å². The number of carbonyl (C=O) groups excluding carboxylic acids is 1. The van der Waals surface area contributed by atoms with Crippen LogP contribution in [0.1, 0.15) is 34.3 Å². The highest BCUT2D eigenvalue weighted by Crippen LogP contribution is 2.24. The van der Waals surface area contributed by atoms with Crippen LogP contribution in [0.25, 0.3) is 0 Å². The largest absolute Gasteiger partial charge is 0.398 e. The van der Waals surface area contributed by atoms with E-state index in [0.29, 0.717) is 5.69 Å². The van der Waals surface area contributed by atoms with E-state index in [1.165, 1.54) is 11.3 Å². The molecular formula is C11H18N2OS. The van der Waals surface area contributed by atoms with Gasteiger partial charge < -0.3 is 10.6 Å². The molecule has 1 heterocycles. The van der Waals surface area contributed by atoms with E-state index in [0.717, 1.165) is 29.1 Å². The molecule has 0 saturated carbocycles. The minimum atomic E-state index is 0.0771. The third kappa shape index (κ3) is 2.96. The number of rotatable bonds is 4. The Balaban J connectivity index is 2.67. The van der Waals surface area contributed by atoms with Crippen LogP contribution < -0.4 is 5.73 Å². The van der Waals surface area contributed by atoms with E-state index in [9.17, 15) is 4.79 Å². The first-order valence-electron chi connectivity index (χ1n) is 5.17. The first-order valence-corrected chi connectivity index (χ1v) is 5.99. The molecule has 0 spiro atoms. The monoisotopic (exact) mass is 226 g/mol. The molecule has 0 aliphatic heterocycles. The summed E-state index contributed by atoms with van der Waals surface area (Å²) in [6, 6.07) is 1.77. The Bertz CT molecular complexity index is 327. The highest BCUT2D eigenvalue weighted by Gasteiger charge is 2.14. The third-order valence-corrected chi connectivity index (χ3v) is 3.42. The topological polar surface area (TPSA) is 46.3 Å². The number of aryl methyl sites for hydroxylation is 1. The van der Waals surface area contributed by atoms with Crippen LogP contribution in [0.5, 0.6) is 0 Å². The second kappa shape index (κ2) is 5.16. The zero-order valence-corrected chi connectivity index (χ0v) is 10.4. The van der Waals surface area contributed by atoms with Crippen molar-refractivity contribution in [2.45, 2.75) is 26.7 Å². The van der Waals surface area contributed by atoms with Crippen LogP contribution in [0.4, 0.5) is 5.69 Å². The van der Waals surface area contributed by atoms with Gasteiger partial charge in [0.2, 0.25) is 0 Å². The molecule has 0 atom stereocenters. The molecule has 0 fully saturated rings. The fourth-order valence-electron chi connectivity index (χ4n) is 1.29. The Morgan fingerprint density at radius 2 is 2.27 bits per heavy atom. The van der Waals surface area contributed by atoms with Crippen molar-refractivity contribution in [2.24, 2.45) is 0 Å². The number of unbranched alkanes of at least 4 members (excludes halogenated alkanes) is 1. The molecule has 0 bridgehead atoms. The normalized spacial score (nSPS) is 10.3. The van der Waals surface area contributed by atoms with Gasteiger partial charge in [0.15, 0.2) is 0 Å². The first-order chi connectivity index (χ1) is 7.06. The molecular weight excluding hydrogens is 208 g/mol. The van der Waals surface area contributed by atoms with Crippen LogP contribution in [0, 0.1) is 6.92 Å². The zero-order valence-electron chi connectivity index (χ0n) is 9.54. The summed E-state index contributed by atoms with van der Waals surface area (Å²) in [5.41, 5.74) is 6.43. The SMILES string of the molecule is CCCCN(C)C(=O)c1cc(N)c(C)s1. The predicted octanol–water partition coefficient (Wildman–Crippen LogP) is 2.51. The summed E-state index contributed by atoms with van der Waals surface area (Å²) < 4.78 is 0. The molecule has 4 heteroatoms. The number of nitrogen functional groups attached to an aromatic ring is 1. The number of anilines is 1. The van der Waals surface area contributed by atoms with Gasteiger partial charge in [0.1, 0.15) is 0 Å². The first kappa shape index (κ1) is 12.0. The van der Waals surface area contributed by atoms with Crippen LogP contribution >= 0.6 is 11.3 Å². The molecule has 0 aliphatic rings. The summed E-state index contributed by atoms with van der Waals surface area (Å²) in [6.07, 6.45) is 2.14. The minimum Gasteiger partial charge on any atom is -0.398 e. The van der Waals surface area contributed by atoms with Crippen LogP contribution in [-0.4, -0.2) is 24.4 Å². The minimum absolute atomic E-state index is 0.0771. The molecule has 2 N–H and O–H groups in total. The number of nitrogens with zero attached hydrogens (tertiary/aromatic N) is 1. The van der Waals surface area contributed by atoms with E-state index >= 15 is 0 Å². The molecule has 84 valence electrons. The van der Waals surface area contributed by atoms with E-state index in [4.69, 9.17) is 5.73 Å². The van der Waals surface area contributed by atoms with Gasteiger partial charge in [-0.05, 0) is 19.4 Å². The van der Waals surface area contributed by atoms with Crippen molar-refractivity contribution in [1.82, 2.24) is 4.90 Å². The van der Waals surface area contributed by atoms with Crippen molar-refractivity contribution in [3.8, 4) is 0 Å². The van der Waals surface area contributed by atoms with Crippen molar-refractivity contribution < 1.29 is 4.79 Å². The fraction of sp³-hybridized carbons (Fsp3) is 0.545. The Morgan fingerprint density at radius 1 is 1.60 bits per heavy atom. The zero-order chi connectivity index (χ0) is 11.4. The lowest BCUT2D eigenvalue weighted by Gasteiger charge is -2.15. The molecule has 0 radical (unpaired) electrons. The number of hydrogen-bond donors (Lipinski definition) is 1. The summed E-state index contributed by atoms with van der Waals surface area (Å²) >= 11 is 1.47. The van der Waals surface area contributed by atoms with Gasteiger partial charge in [-0.15, -0.1) is 11.3 Å². The third-order valence-electron chi connectivity index (χ3n) is 2.36. The Morgan fingerprint density at radius 3 is 2.73 bits per heavy atom. The quantitative estimate of drug-likeness (QED) is 0.857. The lowest BCUT2D eigenvalue weighted by molar-refractivity contribution is 0.0798. The van der Waals surface area contributed by atoms with Crippen LogP contribution in [0.3, 0.4) is 0 Å². The average Bonchev–Trinajstić information content (AvgIpc) is 2.54. The summed E-state index contributed by atoms with van der Waals surface area (Å²) in [5, 5.41) is 0. The predicted molar refractivity (Wildman–Crippen MR) is 65.3 cm³/mol. The second-order valence-corrected chi connectivity index (χ2v) is 4.96. The molecule has 3 nitrogen and oxygen atoms in total. The van der Waals surface area contributed by atoms with Crippen molar-refractivity contribution >= 4 is 22.9 Å². The maximum Gasteiger partial charge on any atom is 0.263 e. The number of amides is 1. The molecule has 1 rings (SSSR count). The van der Waals surface area contributed by atoms with Gasteiger partial charge in [0.25, 0.3) is 5.91 Å². The van der Waals surface area contributed by atoms with Crippen molar-refractivity contribution in [1.29, 1.82) is 0 Å². The number of nitrogens with two attached hydrogens (primary N) is 1. The smallest absolute Gasteiger partial charge is 0.263 e. The lowest BCUT2D eigenvalue weighted by Crippen LogP contribution is -2.26. The molecule has 0 aromatic carbocycles. The molecule has 0 aliphatic carbocycles. The van der Waals surface area contributed by atoms with Gasteiger partial charge in [-0.2, -0.15) is 0 Å². The molecule has 1 aromatic rings. The number of carbonyl (C=O) groups is 1. The summed E-state index contributed by atoms with van der Waals surface area (Å²) in [4.78, 5) is 15.4. The van der Waals surface area contributed by atoms with Crippen LogP contribution in [-0.2, 0) is 0 Å². The Labute approximate surface area is 94.9 Å². The molecule has 0 unspecified atom stereocenters. The summed E-state index contributed by atoms with van der Waals surface area (Å²) in [7, 11) is 1.84. The average molecular weight is 226 g/mol.